The van der Waals surface area contributed by atoms with Crippen LogP contribution in [0.5, 0.6) is 0 Å². The lowest BCUT2D eigenvalue weighted by molar-refractivity contribution is 0.282. The minimum atomic E-state index is 0.114. The fraction of sp³-hybridized carbons (Fsp3) is 0.368. The normalized spacial score (nSPS) is 22.0. The highest BCUT2D eigenvalue weighted by atomic mass is 16.3. The molecule has 21 heavy (non-hydrogen) atoms. The maximum absolute atomic E-state index is 9.07. The van der Waals surface area contributed by atoms with Crippen molar-refractivity contribution in [2.75, 3.05) is 5.32 Å². The van der Waals surface area contributed by atoms with Crippen molar-refractivity contribution < 1.29 is 5.11 Å². The van der Waals surface area contributed by atoms with Crippen LogP contribution in [0.4, 0.5) is 5.69 Å². The second-order valence-electron chi connectivity index (χ2n) is 5.96. The van der Waals surface area contributed by atoms with Gasteiger partial charge in [-0.05, 0) is 54.9 Å². The van der Waals surface area contributed by atoms with E-state index in [2.05, 4.69) is 47.8 Å². The molecule has 0 saturated heterocycles. The van der Waals surface area contributed by atoms with Crippen molar-refractivity contribution in [1.29, 1.82) is 0 Å². The van der Waals surface area contributed by atoms with E-state index in [-0.39, 0.29) is 6.61 Å². The molecule has 1 saturated carbocycles. The van der Waals surface area contributed by atoms with Crippen molar-refractivity contribution in [1.82, 2.24) is 0 Å². The number of aliphatic hydroxyl groups is 1. The van der Waals surface area contributed by atoms with Gasteiger partial charge in [-0.1, -0.05) is 42.5 Å². The van der Waals surface area contributed by atoms with Crippen LogP contribution in [0.15, 0.2) is 54.6 Å². The number of hydrogen-bond donors (Lipinski definition) is 2. The molecule has 2 nitrogen and oxygen atoms in total. The molecule has 0 amide bonds. The van der Waals surface area contributed by atoms with Gasteiger partial charge in [0.15, 0.2) is 0 Å². The smallest absolute Gasteiger partial charge is 0.0681 e. The predicted octanol–water partition coefficient (Wildman–Crippen LogP) is 4.32. The Labute approximate surface area is 126 Å². The highest BCUT2D eigenvalue weighted by Gasteiger charge is 2.21. The zero-order valence-corrected chi connectivity index (χ0v) is 12.3. The summed E-state index contributed by atoms with van der Waals surface area (Å²) in [6.45, 7) is 0.114. The third kappa shape index (κ3) is 3.64. The average molecular weight is 281 g/mol. The molecule has 1 aliphatic carbocycles. The maximum atomic E-state index is 9.07. The second-order valence-corrected chi connectivity index (χ2v) is 5.96. The Morgan fingerprint density at radius 3 is 2.14 bits per heavy atom. The Morgan fingerprint density at radius 1 is 0.857 bits per heavy atom. The van der Waals surface area contributed by atoms with E-state index < -0.39 is 0 Å². The molecule has 0 unspecified atom stereocenters. The van der Waals surface area contributed by atoms with Crippen LogP contribution < -0.4 is 5.32 Å². The number of hydrogen-bond acceptors (Lipinski definition) is 2. The topological polar surface area (TPSA) is 32.3 Å². The summed E-state index contributed by atoms with van der Waals surface area (Å²) in [6.07, 6.45) is 4.97. The number of nitrogens with one attached hydrogen (secondary N) is 1. The summed E-state index contributed by atoms with van der Waals surface area (Å²) in [5.74, 6) is 0.723. The minimum absolute atomic E-state index is 0.114. The summed E-state index contributed by atoms with van der Waals surface area (Å²) in [5, 5.41) is 12.7. The SMILES string of the molecule is OCc1ccc(NC2CCC(c3ccccc3)CC2)cc1. The molecule has 2 N–H and O–H groups in total. The average Bonchev–Trinajstić information content (AvgIpc) is 2.57. The van der Waals surface area contributed by atoms with Gasteiger partial charge in [-0.25, -0.2) is 0 Å². The van der Waals surface area contributed by atoms with Gasteiger partial charge in [0.25, 0.3) is 0 Å². The van der Waals surface area contributed by atoms with E-state index in [9.17, 15) is 0 Å². The summed E-state index contributed by atoms with van der Waals surface area (Å²) in [7, 11) is 0. The molecule has 0 bridgehead atoms. The molecule has 1 fully saturated rings. The molecule has 0 heterocycles. The van der Waals surface area contributed by atoms with Crippen molar-refractivity contribution in [3.63, 3.8) is 0 Å². The first-order valence-corrected chi connectivity index (χ1v) is 7.86. The van der Waals surface area contributed by atoms with E-state index in [0.717, 1.165) is 17.2 Å². The number of rotatable bonds is 4. The van der Waals surface area contributed by atoms with Gasteiger partial charge in [-0.3, -0.25) is 0 Å². The van der Waals surface area contributed by atoms with Crippen molar-refractivity contribution in [3.05, 3.63) is 65.7 Å². The lowest BCUT2D eigenvalue weighted by Crippen LogP contribution is -2.25. The summed E-state index contributed by atoms with van der Waals surface area (Å²) in [4.78, 5) is 0. The maximum Gasteiger partial charge on any atom is 0.0681 e. The zero-order valence-electron chi connectivity index (χ0n) is 12.3. The summed E-state index contributed by atoms with van der Waals surface area (Å²) >= 11 is 0. The lowest BCUT2D eigenvalue weighted by Gasteiger charge is -2.30. The van der Waals surface area contributed by atoms with Gasteiger partial charge in [0.05, 0.1) is 6.61 Å². The molecule has 0 spiro atoms. The summed E-state index contributed by atoms with van der Waals surface area (Å²) in [5.41, 5.74) is 3.62. The Hall–Kier alpha value is -1.80. The quantitative estimate of drug-likeness (QED) is 0.875. The molecular formula is C19H23NO. The van der Waals surface area contributed by atoms with E-state index in [1.54, 1.807) is 0 Å². The molecule has 1 aliphatic rings. The van der Waals surface area contributed by atoms with Crippen LogP contribution in [0.1, 0.15) is 42.7 Å². The largest absolute Gasteiger partial charge is 0.392 e. The molecule has 110 valence electrons. The van der Waals surface area contributed by atoms with Crippen LogP contribution in [0.25, 0.3) is 0 Å². The van der Waals surface area contributed by atoms with E-state index >= 15 is 0 Å². The molecule has 2 aromatic carbocycles. The van der Waals surface area contributed by atoms with Crippen LogP contribution in [-0.2, 0) is 6.61 Å². The third-order valence-electron chi connectivity index (χ3n) is 4.51. The lowest BCUT2D eigenvalue weighted by atomic mass is 9.82. The van der Waals surface area contributed by atoms with Gasteiger partial charge in [-0.15, -0.1) is 0 Å². The van der Waals surface area contributed by atoms with Gasteiger partial charge in [0.1, 0.15) is 0 Å². The highest BCUT2D eigenvalue weighted by molar-refractivity contribution is 5.45. The molecule has 3 rings (SSSR count). The van der Waals surface area contributed by atoms with Gasteiger partial charge in [0.2, 0.25) is 0 Å². The first-order valence-electron chi connectivity index (χ1n) is 7.86. The van der Waals surface area contributed by atoms with E-state index in [0.29, 0.717) is 6.04 Å². The van der Waals surface area contributed by atoms with Crippen LogP contribution in [0, 0.1) is 0 Å². The Morgan fingerprint density at radius 2 is 1.52 bits per heavy atom. The van der Waals surface area contributed by atoms with Crippen LogP contribution in [0.2, 0.25) is 0 Å². The van der Waals surface area contributed by atoms with Crippen molar-refractivity contribution in [2.24, 2.45) is 0 Å². The summed E-state index contributed by atoms with van der Waals surface area (Å²) in [6, 6.07) is 19.6. The molecule has 0 aliphatic heterocycles. The monoisotopic (exact) mass is 281 g/mol. The second kappa shape index (κ2) is 6.77. The number of benzene rings is 2. The fourth-order valence-corrected chi connectivity index (χ4v) is 3.24. The first kappa shape index (κ1) is 14.2. The van der Waals surface area contributed by atoms with Crippen LogP contribution >= 0.6 is 0 Å². The van der Waals surface area contributed by atoms with Crippen molar-refractivity contribution >= 4 is 5.69 Å². The van der Waals surface area contributed by atoms with Gasteiger partial charge >= 0.3 is 0 Å². The van der Waals surface area contributed by atoms with E-state index in [1.165, 1.54) is 31.2 Å². The Kier molecular flexibility index (Phi) is 4.56. The minimum Gasteiger partial charge on any atom is -0.392 e. The predicted molar refractivity (Wildman–Crippen MR) is 87.4 cm³/mol. The standard InChI is InChI=1S/C19H23NO/c21-14-15-6-10-18(11-7-15)20-19-12-8-17(9-13-19)16-4-2-1-3-5-16/h1-7,10-11,17,19-21H,8-9,12-14H2. The number of aliphatic hydroxyl groups excluding tert-OH is 1. The Bertz CT molecular complexity index is 542. The molecule has 2 heteroatoms. The molecule has 0 radical (unpaired) electrons. The van der Waals surface area contributed by atoms with Crippen LogP contribution in [0.3, 0.4) is 0 Å². The van der Waals surface area contributed by atoms with Gasteiger partial charge < -0.3 is 10.4 Å². The molecule has 0 atom stereocenters. The fourth-order valence-electron chi connectivity index (χ4n) is 3.24. The molecule has 2 aromatic rings. The summed E-state index contributed by atoms with van der Waals surface area (Å²) < 4.78 is 0. The first-order chi connectivity index (χ1) is 10.3. The van der Waals surface area contributed by atoms with Crippen LogP contribution in [-0.4, -0.2) is 11.1 Å². The van der Waals surface area contributed by atoms with E-state index in [1.807, 2.05) is 12.1 Å². The number of anilines is 1. The Balaban J connectivity index is 1.53. The zero-order chi connectivity index (χ0) is 14.5. The molecule has 0 aromatic heterocycles. The van der Waals surface area contributed by atoms with E-state index in [4.69, 9.17) is 5.11 Å². The third-order valence-corrected chi connectivity index (χ3v) is 4.51. The highest BCUT2D eigenvalue weighted by Crippen LogP contribution is 2.33. The van der Waals surface area contributed by atoms with Gasteiger partial charge in [-0.2, -0.15) is 0 Å². The molecular weight excluding hydrogens is 258 g/mol. The van der Waals surface area contributed by atoms with Crippen molar-refractivity contribution in [2.45, 2.75) is 44.2 Å². The van der Waals surface area contributed by atoms with Gasteiger partial charge in [0, 0.05) is 11.7 Å². The van der Waals surface area contributed by atoms with Crippen molar-refractivity contribution in [3.8, 4) is 0 Å².